The molecule has 0 saturated heterocycles. The van der Waals surface area contributed by atoms with Gasteiger partial charge in [0, 0.05) is 18.8 Å². The van der Waals surface area contributed by atoms with Gasteiger partial charge in [0.15, 0.2) is 0 Å². The van der Waals surface area contributed by atoms with Crippen LogP contribution in [0.2, 0.25) is 0 Å². The van der Waals surface area contributed by atoms with Gasteiger partial charge < -0.3 is 9.84 Å². The summed E-state index contributed by atoms with van der Waals surface area (Å²) in [5.74, 6) is -0.510. The Bertz CT molecular complexity index is 647. The first-order valence-electron chi connectivity index (χ1n) is 5.78. The van der Waals surface area contributed by atoms with Gasteiger partial charge in [0.25, 0.3) is 0 Å². The highest BCUT2D eigenvalue weighted by Gasteiger charge is 2.19. The summed E-state index contributed by atoms with van der Waals surface area (Å²) in [6, 6.07) is 3.44. The number of aromatic nitrogens is 3. The fraction of sp³-hybridized carbons (Fsp3) is 0.308. The minimum absolute atomic E-state index is 0.0736. The number of aryl methyl sites for hydroxylation is 4. The molecule has 0 bridgehead atoms. The van der Waals surface area contributed by atoms with Crippen LogP contribution in [0.5, 0.6) is 11.8 Å². The highest BCUT2D eigenvalue weighted by Crippen LogP contribution is 2.26. The van der Waals surface area contributed by atoms with E-state index >= 15 is 0 Å². The van der Waals surface area contributed by atoms with Crippen LogP contribution in [0.25, 0.3) is 0 Å². The van der Waals surface area contributed by atoms with E-state index in [9.17, 15) is 9.90 Å². The second-order valence-electron chi connectivity index (χ2n) is 4.42. The zero-order valence-corrected chi connectivity index (χ0v) is 11.3. The molecule has 0 aliphatic carbocycles. The third-order valence-electron chi connectivity index (χ3n) is 2.69. The average molecular weight is 261 g/mol. The molecule has 0 aliphatic rings. The Morgan fingerprint density at radius 2 is 1.95 bits per heavy atom. The van der Waals surface area contributed by atoms with Crippen molar-refractivity contribution in [2.24, 2.45) is 7.05 Å². The highest BCUT2D eigenvalue weighted by atomic mass is 16.5. The molecule has 0 aromatic carbocycles. The van der Waals surface area contributed by atoms with E-state index in [2.05, 4.69) is 10.1 Å². The van der Waals surface area contributed by atoms with Crippen molar-refractivity contribution in [3.8, 4) is 11.8 Å². The van der Waals surface area contributed by atoms with E-state index in [4.69, 9.17) is 4.74 Å². The lowest BCUT2D eigenvalue weighted by atomic mass is 10.1. The number of ether oxygens (including phenoxy) is 1. The summed E-state index contributed by atoms with van der Waals surface area (Å²) in [6.45, 7) is 5.35. The second kappa shape index (κ2) is 4.72. The topological polar surface area (TPSA) is 77.2 Å². The van der Waals surface area contributed by atoms with E-state index in [0.717, 1.165) is 5.69 Å². The lowest BCUT2D eigenvalue weighted by molar-refractivity contribution is 0.0692. The Hall–Kier alpha value is -2.37. The van der Waals surface area contributed by atoms with Crippen LogP contribution in [0.3, 0.4) is 0 Å². The molecule has 0 aliphatic heterocycles. The van der Waals surface area contributed by atoms with E-state index in [-0.39, 0.29) is 11.4 Å². The minimum atomic E-state index is -1.06. The molecule has 0 saturated carbocycles. The molecule has 0 spiro atoms. The first-order chi connectivity index (χ1) is 8.88. The van der Waals surface area contributed by atoms with E-state index in [0.29, 0.717) is 17.1 Å². The van der Waals surface area contributed by atoms with Crippen molar-refractivity contribution in [2.75, 3.05) is 0 Å². The number of pyridine rings is 1. The quantitative estimate of drug-likeness (QED) is 0.916. The van der Waals surface area contributed by atoms with Crippen LogP contribution in [0.15, 0.2) is 12.1 Å². The highest BCUT2D eigenvalue weighted by molar-refractivity contribution is 5.92. The summed E-state index contributed by atoms with van der Waals surface area (Å²) < 4.78 is 7.13. The molecule has 0 fully saturated rings. The number of aromatic carboxylic acids is 1. The maximum atomic E-state index is 11.3. The van der Waals surface area contributed by atoms with Crippen LogP contribution in [0.1, 0.15) is 27.3 Å². The molecule has 2 rings (SSSR count). The van der Waals surface area contributed by atoms with Gasteiger partial charge >= 0.3 is 5.97 Å². The van der Waals surface area contributed by atoms with Crippen molar-refractivity contribution < 1.29 is 14.6 Å². The summed E-state index contributed by atoms with van der Waals surface area (Å²) in [4.78, 5) is 15.4. The van der Waals surface area contributed by atoms with E-state index in [1.54, 1.807) is 37.7 Å². The van der Waals surface area contributed by atoms with Gasteiger partial charge in [-0.15, -0.1) is 0 Å². The zero-order valence-electron chi connectivity index (χ0n) is 11.3. The normalized spacial score (nSPS) is 10.5. The van der Waals surface area contributed by atoms with Gasteiger partial charge in [0.2, 0.25) is 11.8 Å². The van der Waals surface area contributed by atoms with Crippen LogP contribution >= 0.6 is 0 Å². The number of carboxylic acid groups (broad SMARTS) is 1. The van der Waals surface area contributed by atoms with Gasteiger partial charge in [-0.2, -0.15) is 5.10 Å². The summed E-state index contributed by atoms with van der Waals surface area (Å²) in [5.41, 5.74) is 2.19. The van der Waals surface area contributed by atoms with E-state index in [1.807, 2.05) is 6.92 Å². The maximum Gasteiger partial charge on any atom is 0.341 e. The van der Waals surface area contributed by atoms with Gasteiger partial charge in [-0.25, -0.2) is 14.5 Å². The Morgan fingerprint density at radius 1 is 1.26 bits per heavy atom. The maximum absolute atomic E-state index is 11.3. The van der Waals surface area contributed by atoms with E-state index < -0.39 is 5.97 Å². The molecule has 6 heteroatoms. The molecule has 0 radical (unpaired) electrons. The van der Waals surface area contributed by atoms with Crippen molar-refractivity contribution in [1.82, 2.24) is 14.8 Å². The number of hydrogen-bond donors (Lipinski definition) is 1. The van der Waals surface area contributed by atoms with Gasteiger partial charge in [0.1, 0.15) is 5.56 Å². The van der Waals surface area contributed by atoms with Gasteiger partial charge in [-0.3, -0.25) is 0 Å². The fourth-order valence-corrected chi connectivity index (χ4v) is 1.92. The van der Waals surface area contributed by atoms with Crippen molar-refractivity contribution >= 4 is 5.97 Å². The minimum Gasteiger partial charge on any atom is -0.477 e. The molecular formula is C13H15N3O3. The van der Waals surface area contributed by atoms with Crippen molar-refractivity contribution in [1.29, 1.82) is 0 Å². The van der Waals surface area contributed by atoms with Crippen molar-refractivity contribution in [3.05, 3.63) is 34.6 Å². The molecule has 100 valence electrons. The number of rotatable bonds is 3. The van der Waals surface area contributed by atoms with Crippen molar-refractivity contribution in [2.45, 2.75) is 20.8 Å². The first kappa shape index (κ1) is 13.1. The molecule has 0 atom stereocenters. The summed E-state index contributed by atoms with van der Waals surface area (Å²) >= 11 is 0. The second-order valence-corrected chi connectivity index (χ2v) is 4.42. The molecule has 19 heavy (non-hydrogen) atoms. The fourth-order valence-electron chi connectivity index (χ4n) is 1.92. The Kier molecular flexibility index (Phi) is 3.25. The van der Waals surface area contributed by atoms with Gasteiger partial charge in [-0.05, 0) is 32.4 Å². The largest absolute Gasteiger partial charge is 0.477 e. The number of hydrogen-bond acceptors (Lipinski definition) is 4. The predicted octanol–water partition coefficient (Wildman–Crippen LogP) is 2.23. The summed E-state index contributed by atoms with van der Waals surface area (Å²) in [7, 11) is 1.73. The summed E-state index contributed by atoms with van der Waals surface area (Å²) in [6.07, 6.45) is 0. The third kappa shape index (κ3) is 2.57. The average Bonchev–Trinajstić information content (AvgIpc) is 2.55. The molecule has 6 nitrogen and oxygen atoms in total. The standard InChI is InChI=1S/C13H15N3O3/c1-7-5-8(2)14-12(11(7)13(17)18)19-10-6-9(3)15-16(10)4/h5-6H,1-4H3,(H,17,18). The lowest BCUT2D eigenvalue weighted by Gasteiger charge is -2.10. The Balaban J connectivity index is 2.50. The number of nitrogens with zero attached hydrogens (tertiary/aromatic N) is 3. The monoisotopic (exact) mass is 261 g/mol. The molecular weight excluding hydrogens is 246 g/mol. The number of carbonyl (C=O) groups is 1. The summed E-state index contributed by atoms with van der Waals surface area (Å²) in [5, 5.41) is 13.4. The molecule has 0 unspecified atom stereocenters. The SMILES string of the molecule is Cc1cc(C)c(C(=O)O)c(Oc2cc(C)nn2C)n1. The predicted molar refractivity (Wildman–Crippen MR) is 68.7 cm³/mol. The zero-order chi connectivity index (χ0) is 14.2. The van der Waals surface area contributed by atoms with Crippen LogP contribution < -0.4 is 4.74 Å². The molecule has 2 aromatic rings. The van der Waals surface area contributed by atoms with Crippen LogP contribution in [-0.4, -0.2) is 25.8 Å². The van der Waals surface area contributed by atoms with E-state index in [1.165, 1.54) is 0 Å². The van der Waals surface area contributed by atoms with Crippen LogP contribution in [-0.2, 0) is 7.05 Å². The molecule has 1 N–H and O–H groups in total. The van der Waals surface area contributed by atoms with Crippen LogP contribution in [0.4, 0.5) is 0 Å². The lowest BCUT2D eigenvalue weighted by Crippen LogP contribution is -2.07. The molecule has 2 aromatic heterocycles. The van der Waals surface area contributed by atoms with Gasteiger partial charge in [0.05, 0.1) is 5.69 Å². The Morgan fingerprint density at radius 3 is 2.47 bits per heavy atom. The first-order valence-corrected chi connectivity index (χ1v) is 5.78. The van der Waals surface area contributed by atoms with Crippen LogP contribution in [0, 0.1) is 20.8 Å². The smallest absolute Gasteiger partial charge is 0.341 e. The van der Waals surface area contributed by atoms with Crippen molar-refractivity contribution in [3.63, 3.8) is 0 Å². The molecule has 0 amide bonds. The number of carboxylic acids is 1. The Labute approximate surface area is 110 Å². The van der Waals surface area contributed by atoms with Gasteiger partial charge in [-0.1, -0.05) is 0 Å². The molecule has 2 heterocycles. The third-order valence-corrected chi connectivity index (χ3v) is 2.69.